The Hall–Kier alpha value is -4.56. The Kier molecular flexibility index (Phi) is 8.12. The standard InChI is InChI=1S/C27H20F3N7O2S2/c1-17-3-2-4-21(13-17)37-23(38)15-41-26(37)33-25(40)34-32-14-18-5-7-19(8-6-18)24-31-16-36(35-24)20-9-11-22(12-10-20)39-27(28,29)30/h2-14,16H,15H2,1H3,(H,34,40)/b32-14+,33-26-. The fourth-order valence-electron chi connectivity index (χ4n) is 3.78. The fourth-order valence-corrected chi connectivity index (χ4v) is 4.85. The summed E-state index contributed by atoms with van der Waals surface area (Å²) < 4.78 is 42.4. The van der Waals surface area contributed by atoms with Gasteiger partial charge in [-0.05, 0) is 66.7 Å². The number of halogens is 3. The molecule has 1 saturated heterocycles. The Balaban J connectivity index is 1.19. The van der Waals surface area contributed by atoms with Crippen molar-refractivity contribution in [2.45, 2.75) is 13.3 Å². The number of thioether (sulfide) groups is 1. The first-order valence-electron chi connectivity index (χ1n) is 12.0. The van der Waals surface area contributed by atoms with E-state index in [-0.39, 0.29) is 22.5 Å². The summed E-state index contributed by atoms with van der Waals surface area (Å²) in [6, 6.07) is 20.1. The van der Waals surface area contributed by atoms with Gasteiger partial charge in [-0.3, -0.25) is 15.1 Å². The number of rotatable bonds is 6. The van der Waals surface area contributed by atoms with Crippen molar-refractivity contribution in [1.29, 1.82) is 0 Å². The Morgan fingerprint density at radius 3 is 2.56 bits per heavy atom. The number of hydrogen-bond acceptors (Lipinski definition) is 7. The normalized spacial score (nSPS) is 14.7. The van der Waals surface area contributed by atoms with Crippen LogP contribution in [-0.2, 0) is 4.79 Å². The van der Waals surface area contributed by atoms with E-state index in [0.29, 0.717) is 16.7 Å². The molecule has 41 heavy (non-hydrogen) atoms. The number of hydrazone groups is 1. The van der Waals surface area contributed by atoms with Gasteiger partial charge in [-0.25, -0.2) is 9.67 Å². The summed E-state index contributed by atoms with van der Waals surface area (Å²) in [5, 5.41) is 9.12. The molecule has 0 spiro atoms. The summed E-state index contributed by atoms with van der Waals surface area (Å²) in [4.78, 5) is 22.6. The van der Waals surface area contributed by atoms with Gasteiger partial charge in [0, 0.05) is 5.56 Å². The molecule has 1 amide bonds. The summed E-state index contributed by atoms with van der Waals surface area (Å²) >= 11 is 6.60. The van der Waals surface area contributed by atoms with Crippen molar-refractivity contribution in [1.82, 2.24) is 20.2 Å². The second-order valence-corrected chi connectivity index (χ2v) is 9.93. The van der Waals surface area contributed by atoms with Gasteiger partial charge in [0.05, 0.1) is 23.3 Å². The van der Waals surface area contributed by atoms with Crippen LogP contribution in [0.3, 0.4) is 0 Å². The lowest BCUT2D eigenvalue weighted by atomic mass is 10.1. The van der Waals surface area contributed by atoms with Crippen LogP contribution in [0.1, 0.15) is 11.1 Å². The van der Waals surface area contributed by atoms with Crippen molar-refractivity contribution in [3.05, 3.63) is 90.3 Å². The number of hydrogen-bond donors (Lipinski definition) is 1. The van der Waals surface area contributed by atoms with Crippen molar-refractivity contribution in [3.63, 3.8) is 0 Å². The van der Waals surface area contributed by atoms with E-state index < -0.39 is 6.36 Å². The van der Waals surface area contributed by atoms with Gasteiger partial charge >= 0.3 is 6.36 Å². The van der Waals surface area contributed by atoms with E-state index in [9.17, 15) is 18.0 Å². The van der Waals surface area contributed by atoms with E-state index in [1.165, 1.54) is 47.0 Å². The molecule has 1 aliphatic rings. The molecule has 1 fully saturated rings. The number of amides is 1. The first kappa shape index (κ1) is 28.0. The number of aromatic nitrogens is 3. The second kappa shape index (κ2) is 11.9. The van der Waals surface area contributed by atoms with E-state index in [0.717, 1.165) is 22.4 Å². The maximum absolute atomic E-state index is 12.4. The zero-order valence-corrected chi connectivity index (χ0v) is 22.9. The number of nitrogens with zero attached hydrogens (tertiary/aromatic N) is 6. The van der Waals surface area contributed by atoms with Crippen LogP contribution < -0.4 is 15.1 Å². The third kappa shape index (κ3) is 7.15. The molecular weight excluding hydrogens is 575 g/mol. The number of aliphatic imine (C=N–C) groups is 1. The minimum atomic E-state index is -4.75. The molecule has 3 aromatic carbocycles. The quantitative estimate of drug-likeness (QED) is 0.179. The van der Waals surface area contributed by atoms with Crippen molar-refractivity contribution in [3.8, 4) is 22.8 Å². The highest BCUT2D eigenvalue weighted by molar-refractivity contribution is 8.15. The monoisotopic (exact) mass is 595 g/mol. The summed E-state index contributed by atoms with van der Waals surface area (Å²) in [6.07, 6.45) is -1.72. The number of benzene rings is 3. The van der Waals surface area contributed by atoms with Crippen LogP contribution in [0.2, 0.25) is 0 Å². The van der Waals surface area contributed by atoms with Gasteiger partial charge in [-0.1, -0.05) is 48.2 Å². The van der Waals surface area contributed by atoms with Crippen LogP contribution in [0.4, 0.5) is 18.9 Å². The van der Waals surface area contributed by atoms with Crippen LogP contribution >= 0.6 is 24.0 Å². The van der Waals surface area contributed by atoms with Crippen molar-refractivity contribution in [2.24, 2.45) is 10.1 Å². The number of alkyl halides is 3. The Morgan fingerprint density at radius 2 is 1.85 bits per heavy atom. The largest absolute Gasteiger partial charge is 0.573 e. The Morgan fingerprint density at radius 1 is 1.10 bits per heavy atom. The molecule has 1 aromatic heterocycles. The molecule has 1 aliphatic heterocycles. The number of amidine groups is 1. The average Bonchev–Trinajstić information content (AvgIpc) is 3.56. The maximum Gasteiger partial charge on any atom is 0.573 e. The maximum atomic E-state index is 12.4. The number of aryl methyl sites for hydroxylation is 1. The molecule has 208 valence electrons. The molecule has 9 nitrogen and oxygen atoms in total. The van der Waals surface area contributed by atoms with E-state index in [2.05, 4.69) is 30.3 Å². The van der Waals surface area contributed by atoms with Crippen LogP contribution in [0, 0.1) is 6.92 Å². The van der Waals surface area contributed by atoms with E-state index in [4.69, 9.17) is 12.2 Å². The predicted molar refractivity (Wildman–Crippen MR) is 155 cm³/mol. The summed E-state index contributed by atoms with van der Waals surface area (Å²) in [6.45, 7) is 1.95. The van der Waals surface area contributed by atoms with Crippen molar-refractivity contribution in [2.75, 3.05) is 10.7 Å². The molecular formula is C27H20F3N7O2S2. The first-order valence-corrected chi connectivity index (χ1v) is 13.4. The highest BCUT2D eigenvalue weighted by Gasteiger charge is 2.31. The molecule has 0 aliphatic carbocycles. The topological polar surface area (TPSA) is 97.0 Å². The van der Waals surface area contributed by atoms with Gasteiger partial charge in [0.15, 0.2) is 11.0 Å². The molecule has 0 unspecified atom stereocenters. The Labute approximate surface area is 241 Å². The smallest absolute Gasteiger partial charge is 0.406 e. The van der Waals surface area contributed by atoms with Gasteiger partial charge < -0.3 is 4.74 Å². The summed E-state index contributed by atoms with van der Waals surface area (Å²) in [5.74, 6) is 0.319. The Bertz CT molecular complexity index is 1640. The number of carbonyl (C=O) groups is 1. The van der Waals surface area contributed by atoms with Crippen LogP contribution in [0.15, 0.2) is 89.2 Å². The number of anilines is 1. The first-order chi connectivity index (χ1) is 19.6. The number of carbonyl (C=O) groups excluding carboxylic acids is 1. The molecule has 1 N–H and O–H groups in total. The highest BCUT2D eigenvalue weighted by atomic mass is 32.2. The van der Waals surface area contributed by atoms with Gasteiger partial charge in [-0.2, -0.15) is 10.1 Å². The van der Waals surface area contributed by atoms with Gasteiger partial charge in [0.2, 0.25) is 11.0 Å². The molecule has 2 heterocycles. The molecule has 0 bridgehead atoms. The zero-order chi connectivity index (χ0) is 29.0. The third-order valence-electron chi connectivity index (χ3n) is 5.59. The third-order valence-corrected chi connectivity index (χ3v) is 6.70. The summed E-state index contributed by atoms with van der Waals surface area (Å²) in [7, 11) is 0. The molecule has 0 radical (unpaired) electrons. The van der Waals surface area contributed by atoms with Gasteiger partial charge in [0.25, 0.3) is 0 Å². The van der Waals surface area contributed by atoms with Crippen LogP contribution in [0.5, 0.6) is 5.75 Å². The minimum absolute atomic E-state index is 0.0708. The lowest BCUT2D eigenvalue weighted by molar-refractivity contribution is -0.274. The number of nitrogens with one attached hydrogen (secondary N) is 1. The molecule has 0 saturated carbocycles. The molecule has 0 atom stereocenters. The molecule has 5 rings (SSSR count). The predicted octanol–water partition coefficient (Wildman–Crippen LogP) is 5.49. The van der Waals surface area contributed by atoms with Crippen molar-refractivity contribution >= 4 is 52.1 Å². The molecule has 4 aromatic rings. The zero-order valence-electron chi connectivity index (χ0n) is 21.2. The van der Waals surface area contributed by atoms with Gasteiger partial charge in [0.1, 0.15) is 12.1 Å². The summed E-state index contributed by atoms with van der Waals surface area (Å²) in [5.41, 5.74) is 6.48. The SMILES string of the molecule is Cc1cccc(N2C(=O)CS/C2=N\C(=S)N/N=C/c2ccc(-c3ncn(-c4ccc(OC(F)(F)F)cc4)n3)cc2)c1. The van der Waals surface area contributed by atoms with E-state index in [1.807, 2.05) is 43.3 Å². The number of ether oxygens (including phenoxy) is 1. The van der Waals surface area contributed by atoms with E-state index in [1.54, 1.807) is 23.2 Å². The lowest BCUT2D eigenvalue weighted by Crippen LogP contribution is -2.30. The van der Waals surface area contributed by atoms with Gasteiger partial charge in [-0.15, -0.1) is 18.3 Å². The van der Waals surface area contributed by atoms with Crippen LogP contribution in [-0.4, -0.2) is 49.3 Å². The minimum Gasteiger partial charge on any atom is -0.406 e. The lowest BCUT2D eigenvalue weighted by Gasteiger charge is -2.16. The van der Waals surface area contributed by atoms with E-state index >= 15 is 0 Å². The highest BCUT2D eigenvalue weighted by Crippen LogP contribution is 2.27. The number of thiocarbonyl (C=S) groups is 1. The second-order valence-electron chi connectivity index (χ2n) is 8.60. The average molecular weight is 596 g/mol. The fraction of sp³-hybridized carbons (Fsp3) is 0.111. The molecule has 14 heteroatoms. The van der Waals surface area contributed by atoms with Crippen LogP contribution in [0.25, 0.3) is 17.1 Å². The van der Waals surface area contributed by atoms with Crippen molar-refractivity contribution < 1.29 is 22.7 Å².